The SMILES string of the molecule is CC(=O)Nc1ccc(-c2ccnc(Nc3cccc(NC(=O)c4cccc(F)c4)c3)n2)cc1. The van der Waals surface area contributed by atoms with Crippen molar-refractivity contribution in [1.82, 2.24) is 9.97 Å². The van der Waals surface area contributed by atoms with Gasteiger partial charge in [-0.25, -0.2) is 14.4 Å². The third-order valence-electron chi connectivity index (χ3n) is 4.62. The van der Waals surface area contributed by atoms with E-state index in [2.05, 4.69) is 25.9 Å². The Kier molecular flexibility index (Phi) is 6.36. The lowest BCUT2D eigenvalue weighted by atomic mass is 10.1. The molecule has 4 aromatic rings. The van der Waals surface area contributed by atoms with E-state index in [1.165, 1.54) is 25.1 Å². The van der Waals surface area contributed by atoms with Crippen LogP contribution in [0.25, 0.3) is 11.3 Å². The molecule has 0 fully saturated rings. The largest absolute Gasteiger partial charge is 0.326 e. The molecule has 0 aliphatic heterocycles. The molecule has 0 unspecified atom stereocenters. The van der Waals surface area contributed by atoms with E-state index in [1.807, 2.05) is 18.2 Å². The van der Waals surface area contributed by atoms with Gasteiger partial charge in [0.1, 0.15) is 5.82 Å². The molecular formula is C25H20FN5O2. The van der Waals surface area contributed by atoms with Crippen LogP contribution in [-0.4, -0.2) is 21.8 Å². The highest BCUT2D eigenvalue weighted by atomic mass is 19.1. The summed E-state index contributed by atoms with van der Waals surface area (Å²) in [5.41, 5.74) is 3.72. The first kappa shape index (κ1) is 21.6. The molecule has 0 radical (unpaired) electrons. The first-order valence-corrected chi connectivity index (χ1v) is 10.1. The lowest BCUT2D eigenvalue weighted by Gasteiger charge is -2.10. The van der Waals surface area contributed by atoms with E-state index in [1.54, 1.807) is 48.7 Å². The molecule has 0 spiro atoms. The van der Waals surface area contributed by atoms with Gasteiger partial charge in [0.2, 0.25) is 11.9 Å². The Bertz CT molecular complexity index is 1310. The predicted octanol–water partition coefficient (Wildman–Crippen LogP) is 5.24. The van der Waals surface area contributed by atoms with Gasteiger partial charge < -0.3 is 16.0 Å². The molecule has 2 amide bonds. The number of nitrogens with one attached hydrogen (secondary N) is 3. The molecule has 164 valence electrons. The Labute approximate surface area is 189 Å². The number of halogens is 1. The maximum Gasteiger partial charge on any atom is 0.255 e. The summed E-state index contributed by atoms with van der Waals surface area (Å²) in [6, 6.07) is 21.7. The molecule has 4 rings (SSSR count). The van der Waals surface area contributed by atoms with Crippen molar-refractivity contribution < 1.29 is 14.0 Å². The maximum atomic E-state index is 13.4. The van der Waals surface area contributed by atoms with E-state index in [-0.39, 0.29) is 11.5 Å². The van der Waals surface area contributed by atoms with Gasteiger partial charge in [-0.15, -0.1) is 0 Å². The molecule has 1 aromatic heterocycles. The summed E-state index contributed by atoms with van der Waals surface area (Å²) in [6.07, 6.45) is 1.64. The van der Waals surface area contributed by atoms with Crippen molar-refractivity contribution in [3.05, 3.63) is 96.4 Å². The van der Waals surface area contributed by atoms with Crippen LogP contribution >= 0.6 is 0 Å². The lowest BCUT2D eigenvalue weighted by molar-refractivity contribution is -0.114. The van der Waals surface area contributed by atoms with Crippen LogP contribution in [0.4, 0.5) is 27.4 Å². The highest BCUT2D eigenvalue weighted by molar-refractivity contribution is 6.04. The first-order valence-electron chi connectivity index (χ1n) is 10.1. The Balaban J connectivity index is 1.47. The third kappa shape index (κ3) is 5.76. The lowest BCUT2D eigenvalue weighted by Crippen LogP contribution is -2.12. The van der Waals surface area contributed by atoms with Crippen molar-refractivity contribution in [3.63, 3.8) is 0 Å². The van der Waals surface area contributed by atoms with E-state index in [0.29, 0.717) is 28.7 Å². The van der Waals surface area contributed by atoms with Crippen molar-refractivity contribution in [2.24, 2.45) is 0 Å². The zero-order chi connectivity index (χ0) is 23.2. The number of hydrogen-bond donors (Lipinski definition) is 3. The number of rotatable bonds is 6. The quantitative estimate of drug-likeness (QED) is 0.380. The molecule has 33 heavy (non-hydrogen) atoms. The number of amides is 2. The molecule has 0 saturated carbocycles. The minimum absolute atomic E-state index is 0.134. The number of aromatic nitrogens is 2. The number of nitrogens with zero attached hydrogens (tertiary/aromatic N) is 2. The number of carbonyl (C=O) groups is 2. The van der Waals surface area contributed by atoms with Crippen molar-refractivity contribution >= 4 is 34.8 Å². The number of carbonyl (C=O) groups excluding carboxylic acids is 2. The van der Waals surface area contributed by atoms with Crippen molar-refractivity contribution in [2.45, 2.75) is 6.92 Å². The number of hydrogen-bond acceptors (Lipinski definition) is 5. The third-order valence-corrected chi connectivity index (χ3v) is 4.62. The van der Waals surface area contributed by atoms with Crippen LogP contribution in [0.1, 0.15) is 17.3 Å². The molecule has 3 N–H and O–H groups in total. The Hall–Kier alpha value is -4.59. The van der Waals surface area contributed by atoms with E-state index >= 15 is 0 Å². The van der Waals surface area contributed by atoms with Crippen LogP contribution in [0, 0.1) is 5.82 Å². The van der Waals surface area contributed by atoms with Gasteiger partial charge >= 0.3 is 0 Å². The van der Waals surface area contributed by atoms with Gasteiger partial charge in [0, 0.05) is 41.3 Å². The Morgan fingerprint density at radius 2 is 1.58 bits per heavy atom. The fourth-order valence-electron chi connectivity index (χ4n) is 3.14. The van der Waals surface area contributed by atoms with Gasteiger partial charge in [-0.2, -0.15) is 0 Å². The molecule has 0 bridgehead atoms. The van der Waals surface area contributed by atoms with Gasteiger partial charge in [0.05, 0.1) is 5.69 Å². The van der Waals surface area contributed by atoms with Crippen LogP contribution in [0.5, 0.6) is 0 Å². The van der Waals surface area contributed by atoms with Gasteiger partial charge in [0.25, 0.3) is 5.91 Å². The summed E-state index contributed by atoms with van der Waals surface area (Å²) in [4.78, 5) is 32.3. The summed E-state index contributed by atoms with van der Waals surface area (Å²) >= 11 is 0. The normalized spacial score (nSPS) is 10.4. The molecule has 7 nitrogen and oxygen atoms in total. The second-order valence-corrected chi connectivity index (χ2v) is 7.19. The fraction of sp³-hybridized carbons (Fsp3) is 0.0400. The number of benzene rings is 3. The van der Waals surface area contributed by atoms with Crippen LogP contribution in [0.3, 0.4) is 0 Å². The van der Waals surface area contributed by atoms with Crippen molar-refractivity contribution in [2.75, 3.05) is 16.0 Å². The van der Waals surface area contributed by atoms with Crippen LogP contribution < -0.4 is 16.0 Å². The van der Waals surface area contributed by atoms with E-state index in [4.69, 9.17) is 0 Å². The number of anilines is 4. The zero-order valence-electron chi connectivity index (χ0n) is 17.7. The molecule has 8 heteroatoms. The summed E-state index contributed by atoms with van der Waals surface area (Å²) in [7, 11) is 0. The van der Waals surface area contributed by atoms with E-state index < -0.39 is 11.7 Å². The summed E-state index contributed by atoms with van der Waals surface area (Å²) in [5, 5.41) is 8.60. The molecule has 0 atom stereocenters. The van der Waals surface area contributed by atoms with Crippen LogP contribution in [-0.2, 0) is 4.79 Å². The molecule has 0 aliphatic rings. The standard InChI is InChI=1S/C25H20FN5O2/c1-16(32)28-20-10-8-17(9-11-20)23-12-13-27-25(31-23)30-22-7-3-6-21(15-22)29-24(33)18-4-2-5-19(26)14-18/h2-15H,1H3,(H,28,32)(H,29,33)(H,27,30,31). The smallest absolute Gasteiger partial charge is 0.255 e. The minimum atomic E-state index is -0.472. The molecular weight excluding hydrogens is 421 g/mol. The zero-order valence-corrected chi connectivity index (χ0v) is 17.7. The second-order valence-electron chi connectivity index (χ2n) is 7.19. The fourth-order valence-corrected chi connectivity index (χ4v) is 3.14. The molecule has 3 aromatic carbocycles. The Morgan fingerprint density at radius 1 is 0.818 bits per heavy atom. The molecule has 0 saturated heterocycles. The van der Waals surface area contributed by atoms with Crippen molar-refractivity contribution in [1.29, 1.82) is 0 Å². The minimum Gasteiger partial charge on any atom is -0.326 e. The topological polar surface area (TPSA) is 96.0 Å². The highest BCUT2D eigenvalue weighted by Gasteiger charge is 2.08. The van der Waals surface area contributed by atoms with Gasteiger partial charge in [-0.3, -0.25) is 9.59 Å². The summed E-state index contributed by atoms with van der Waals surface area (Å²) < 4.78 is 13.4. The average Bonchev–Trinajstić information content (AvgIpc) is 2.80. The maximum absolute atomic E-state index is 13.4. The summed E-state index contributed by atoms with van der Waals surface area (Å²) in [6.45, 7) is 1.46. The average molecular weight is 441 g/mol. The van der Waals surface area contributed by atoms with Crippen molar-refractivity contribution in [3.8, 4) is 11.3 Å². The predicted molar refractivity (Wildman–Crippen MR) is 126 cm³/mol. The first-order chi connectivity index (χ1) is 16.0. The highest BCUT2D eigenvalue weighted by Crippen LogP contribution is 2.23. The van der Waals surface area contributed by atoms with Crippen LogP contribution in [0.15, 0.2) is 85.1 Å². The monoisotopic (exact) mass is 441 g/mol. The van der Waals surface area contributed by atoms with Gasteiger partial charge in [0.15, 0.2) is 0 Å². The van der Waals surface area contributed by atoms with E-state index in [9.17, 15) is 14.0 Å². The second kappa shape index (κ2) is 9.69. The molecule has 0 aliphatic carbocycles. The van der Waals surface area contributed by atoms with Crippen LogP contribution in [0.2, 0.25) is 0 Å². The molecule has 1 heterocycles. The Morgan fingerprint density at radius 3 is 2.33 bits per heavy atom. The van der Waals surface area contributed by atoms with Gasteiger partial charge in [-0.05, 0) is 54.6 Å². The van der Waals surface area contributed by atoms with E-state index in [0.717, 1.165) is 5.56 Å². The van der Waals surface area contributed by atoms with Gasteiger partial charge in [-0.1, -0.05) is 24.3 Å². The summed E-state index contributed by atoms with van der Waals surface area (Å²) in [5.74, 6) is -0.634.